The highest BCUT2D eigenvalue weighted by molar-refractivity contribution is 7.93. The summed E-state index contributed by atoms with van der Waals surface area (Å²) < 4.78 is 84.4. The van der Waals surface area contributed by atoms with E-state index in [-0.39, 0.29) is 37.6 Å². The second kappa shape index (κ2) is 19.7. The zero-order chi connectivity index (χ0) is 46.4. The summed E-state index contributed by atoms with van der Waals surface area (Å²) in [6.07, 6.45) is -0.277. The molecule has 6 aromatic rings. The first-order chi connectivity index (χ1) is 31.1. The van der Waals surface area contributed by atoms with Crippen molar-refractivity contribution in [2.75, 3.05) is 45.5 Å². The van der Waals surface area contributed by atoms with Gasteiger partial charge in [0.15, 0.2) is 9.84 Å². The first-order valence-corrected chi connectivity index (χ1v) is 24.0. The SMILES string of the molecule is COc1ccc(CN(Cc2ccc(OC)cc2)S(=O)(=O)c2c(S(=O)(=O)CCNC(=O)OC(C)(C)C)ccc(C3CCNc4ccccc43)c2-c2nnn(Cc3ccc(OC)cc3)n2)cc1. The van der Waals surface area contributed by atoms with Crippen molar-refractivity contribution in [3.05, 3.63) is 137 Å². The molecule has 1 aliphatic heterocycles. The van der Waals surface area contributed by atoms with Gasteiger partial charge in [-0.3, -0.25) is 0 Å². The van der Waals surface area contributed by atoms with Crippen molar-refractivity contribution in [3.63, 3.8) is 0 Å². The Morgan fingerprint density at radius 3 is 1.91 bits per heavy atom. The van der Waals surface area contributed by atoms with Crippen molar-refractivity contribution in [2.24, 2.45) is 0 Å². The van der Waals surface area contributed by atoms with Gasteiger partial charge in [0, 0.05) is 43.3 Å². The first kappa shape index (κ1) is 46.5. The van der Waals surface area contributed by atoms with Gasteiger partial charge in [-0.1, -0.05) is 60.7 Å². The van der Waals surface area contributed by atoms with Gasteiger partial charge in [0.1, 0.15) is 27.7 Å². The number of methoxy groups -OCH3 is 3. The van der Waals surface area contributed by atoms with Gasteiger partial charge < -0.3 is 29.6 Å². The fourth-order valence-corrected chi connectivity index (χ4v) is 11.3. The van der Waals surface area contributed by atoms with Crippen LogP contribution in [0.15, 0.2) is 119 Å². The Balaban J connectivity index is 1.45. The van der Waals surface area contributed by atoms with Crippen LogP contribution in [0.1, 0.15) is 60.9 Å². The summed E-state index contributed by atoms with van der Waals surface area (Å²) in [5.41, 5.74) is 3.46. The van der Waals surface area contributed by atoms with Crippen LogP contribution < -0.4 is 24.8 Å². The van der Waals surface area contributed by atoms with Gasteiger partial charge in [0.2, 0.25) is 15.8 Å². The largest absolute Gasteiger partial charge is 0.497 e. The number of alkyl carbamates (subject to hydrolysis) is 1. The van der Waals surface area contributed by atoms with Crippen LogP contribution in [0.2, 0.25) is 0 Å². The van der Waals surface area contributed by atoms with Gasteiger partial charge in [-0.25, -0.2) is 21.6 Å². The van der Waals surface area contributed by atoms with Crippen LogP contribution in [0.25, 0.3) is 11.4 Å². The number of nitrogens with one attached hydrogen (secondary N) is 2. The molecule has 5 aromatic carbocycles. The summed E-state index contributed by atoms with van der Waals surface area (Å²) in [5.74, 6) is 0.669. The molecule has 7 rings (SSSR count). The van der Waals surface area contributed by atoms with Crippen molar-refractivity contribution in [3.8, 4) is 28.6 Å². The molecule has 1 unspecified atom stereocenters. The van der Waals surface area contributed by atoms with Crippen LogP contribution in [-0.2, 0) is 44.2 Å². The summed E-state index contributed by atoms with van der Waals surface area (Å²) >= 11 is 0. The second-order valence-corrected chi connectivity index (χ2v) is 20.4. The number of carbonyl (C=O) groups is 1. The number of tetrazole rings is 1. The lowest BCUT2D eigenvalue weighted by Gasteiger charge is -2.30. The van der Waals surface area contributed by atoms with Gasteiger partial charge in [0.25, 0.3) is 0 Å². The molecule has 18 heteroatoms. The molecule has 1 aromatic heterocycles. The second-order valence-electron chi connectivity index (χ2n) is 16.4. The van der Waals surface area contributed by atoms with E-state index < -0.39 is 53.0 Å². The number of rotatable bonds is 17. The van der Waals surface area contributed by atoms with E-state index in [1.807, 2.05) is 36.4 Å². The molecule has 0 fully saturated rings. The first-order valence-electron chi connectivity index (χ1n) is 20.9. The molecule has 0 saturated heterocycles. The highest BCUT2D eigenvalue weighted by Crippen LogP contribution is 2.45. The van der Waals surface area contributed by atoms with E-state index in [2.05, 4.69) is 20.9 Å². The van der Waals surface area contributed by atoms with E-state index in [9.17, 15) is 13.2 Å². The predicted octanol–water partition coefficient (Wildman–Crippen LogP) is 7.05. The molecule has 65 heavy (non-hydrogen) atoms. The van der Waals surface area contributed by atoms with Crippen molar-refractivity contribution in [2.45, 2.75) is 68.1 Å². The third-order valence-electron chi connectivity index (χ3n) is 10.8. The van der Waals surface area contributed by atoms with Crippen molar-refractivity contribution in [1.82, 2.24) is 29.8 Å². The summed E-state index contributed by atoms with van der Waals surface area (Å²) in [5, 5.41) is 19.6. The number of hydrogen-bond acceptors (Lipinski definition) is 13. The van der Waals surface area contributed by atoms with E-state index in [1.165, 1.54) is 29.4 Å². The average Bonchev–Trinajstić information content (AvgIpc) is 3.76. The molecule has 0 spiro atoms. The smallest absolute Gasteiger partial charge is 0.407 e. The van der Waals surface area contributed by atoms with Gasteiger partial charge in [-0.15, -0.1) is 10.2 Å². The summed E-state index contributed by atoms with van der Waals surface area (Å²) in [6, 6.07) is 32.0. The highest BCUT2D eigenvalue weighted by Gasteiger charge is 2.39. The molecule has 0 bridgehead atoms. The van der Waals surface area contributed by atoms with E-state index in [0.29, 0.717) is 46.9 Å². The average molecular weight is 924 g/mol. The number of anilines is 1. The van der Waals surface area contributed by atoms with Crippen LogP contribution in [-0.4, -0.2) is 93.2 Å². The molecule has 16 nitrogen and oxygen atoms in total. The topological polar surface area (TPSA) is 193 Å². The molecular formula is C47H53N7O9S2. The standard InChI is InChI=1S/C47H53N7O9S2/c1-47(2,3)63-46(55)49-27-28-64(56,57)42-24-23-40(38-25-26-48-41-10-8-7-9-39(38)41)43(45-50-52-54(51-45)31-34-15-21-37(62-6)22-16-34)44(42)65(58,59)53(29-32-11-17-35(60-4)18-12-32)30-33-13-19-36(61-5)20-14-33/h7-24,38,48H,25-31H2,1-6H3,(H,49,55). The summed E-state index contributed by atoms with van der Waals surface area (Å²) in [4.78, 5) is 13.0. The number of sulfone groups is 1. The monoisotopic (exact) mass is 923 g/mol. The van der Waals surface area contributed by atoms with Gasteiger partial charge in [0.05, 0.1) is 38.5 Å². The van der Waals surface area contributed by atoms with E-state index in [0.717, 1.165) is 16.8 Å². The Morgan fingerprint density at radius 2 is 1.34 bits per heavy atom. The molecule has 0 saturated carbocycles. The molecular weight excluding hydrogens is 871 g/mol. The molecule has 0 aliphatic carbocycles. The highest BCUT2D eigenvalue weighted by atomic mass is 32.2. The lowest BCUT2D eigenvalue weighted by atomic mass is 9.82. The Hall–Kier alpha value is -6.50. The summed E-state index contributed by atoms with van der Waals surface area (Å²) in [6.45, 7) is 5.11. The zero-order valence-electron chi connectivity index (χ0n) is 37.1. The zero-order valence-corrected chi connectivity index (χ0v) is 38.8. The van der Waals surface area contributed by atoms with Gasteiger partial charge in [-0.2, -0.15) is 9.10 Å². The minimum atomic E-state index is -4.85. The summed E-state index contributed by atoms with van der Waals surface area (Å²) in [7, 11) is -4.71. The maximum absolute atomic E-state index is 16.0. The Labute approximate surface area is 379 Å². The van der Waals surface area contributed by atoms with Crippen molar-refractivity contribution in [1.29, 1.82) is 0 Å². The normalized spacial score (nSPS) is 14.0. The van der Waals surface area contributed by atoms with Gasteiger partial charge in [-0.05, 0) is 109 Å². The van der Waals surface area contributed by atoms with E-state index in [1.54, 1.807) is 94.6 Å². The number of sulfonamides is 1. The third-order valence-corrected chi connectivity index (χ3v) is 14.5. The Bertz CT molecular complexity index is 2780. The lowest BCUT2D eigenvalue weighted by molar-refractivity contribution is 0.0531. The molecule has 1 amide bonds. The number of carbonyl (C=O) groups excluding carboxylic acids is 1. The number of hydrogen-bond donors (Lipinski definition) is 2. The van der Waals surface area contributed by atoms with Crippen LogP contribution in [0.4, 0.5) is 10.5 Å². The van der Waals surface area contributed by atoms with Crippen LogP contribution in [0.3, 0.4) is 0 Å². The number of benzene rings is 5. The fourth-order valence-electron chi connectivity index (χ4n) is 7.63. The number of fused-ring (bicyclic) bond motifs is 1. The minimum absolute atomic E-state index is 0.00308. The quantitative estimate of drug-likeness (QED) is 0.0947. The number of amides is 1. The Morgan fingerprint density at radius 1 is 0.769 bits per heavy atom. The maximum Gasteiger partial charge on any atom is 0.407 e. The molecule has 1 aliphatic rings. The molecule has 1 atom stereocenters. The van der Waals surface area contributed by atoms with E-state index >= 15 is 8.42 Å². The fraction of sp³-hybridized carbons (Fsp3) is 0.319. The van der Waals surface area contributed by atoms with Crippen molar-refractivity contribution < 1.29 is 40.6 Å². The maximum atomic E-state index is 16.0. The Kier molecular flexibility index (Phi) is 14.1. The van der Waals surface area contributed by atoms with E-state index in [4.69, 9.17) is 24.0 Å². The van der Waals surface area contributed by atoms with Gasteiger partial charge >= 0.3 is 6.09 Å². The molecule has 342 valence electrons. The number of nitrogens with zero attached hydrogens (tertiary/aromatic N) is 5. The third kappa shape index (κ3) is 11.1. The lowest BCUT2D eigenvalue weighted by Crippen LogP contribution is -2.36. The van der Waals surface area contributed by atoms with Crippen LogP contribution >= 0.6 is 0 Å². The predicted molar refractivity (Wildman–Crippen MR) is 245 cm³/mol. The number of para-hydroxylation sites is 1. The molecule has 2 N–H and O–H groups in total. The van der Waals surface area contributed by atoms with Crippen LogP contribution in [0, 0.1) is 0 Å². The van der Waals surface area contributed by atoms with Crippen LogP contribution in [0.5, 0.6) is 17.2 Å². The molecule has 0 radical (unpaired) electrons. The molecule has 2 heterocycles. The number of aromatic nitrogens is 4. The van der Waals surface area contributed by atoms with Crippen molar-refractivity contribution >= 4 is 31.6 Å². The number of ether oxygens (including phenoxy) is 4. The minimum Gasteiger partial charge on any atom is -0.497 e.